The molecule has 1 aliphatic rings. The normalized spacial score (nSPS) is 20.4. The molecule has 23 heavy (non-hydrogen) atoms. The molecule has 2 aromatic heterocycles. The molecule has 3 heterocycles. The van der Waals surface area contributed by atoms with Gasteiger partial charge in [-0.2, -0.15) is 0 Å². The number of fused-ring (bicyclic) bond motifs is 1. The van der Waals surface area contributed by atoms with E-state index in [9.17, 15) is 9.90 Å². The van der Waals surface area contributed by atoms with Gasteiger partial charge in [0.25, 0.3) is 0 Å². The van der Waals surface area contributed by atoms with Crippen LogP contribution in [-0.4, -0.2) is 45.6 Å². The fraction of sp³-hybridized carbons (Fsp3) is 0.467. The summed E-state index contributed by atoms with van der Waals surface area (Å²) in [5.74, 6) is -0.0743. The number of carbonyl (C=O) groups excluding carboxylic acids is 1. The summed E-state index contributed by atoms with van der Waals surface area (Å²) in [4.78, 5) is 16.7. The van der Waals surface area contributed by atoms with Gasteiger partial charge in [0.05, 0.1) is 30.0 Å². The number of aromatic nitrogens is 2. The number of imidazole rings is 1. The molecule has 0 radical (unpaired) electrons. The molecule has 1 saturated heterocycles. The monoisotopic (exact) mass is 360 g/mol. The Labute approximate surface area is 147 Å². The number of nitrogens with zero attached hydrogens (tertiary/aromatic N) is 2. The first kappa shape index (κ1) is 19.7. The van der Waals surface area contributed by atoms with Gasteiger partial charge in [-0.25, -0.2) is 4.98 Å². The number of hydrogen-bond acceptors (Lipinski definition) is 4. The van der Waals surface area contributed by atoms with Crippen molar-refractivity contribution in [3.63, 3.8) is 0 Å². The number of β-amino-alcohol motifs (C(OH)–C–C–N with tert-alkyl or cyclic N) is 1. The lowest BCUT2D eigenvalue weighted by atomic mass is 10.0. The molecule has 128 valence electrons. The first-order valence-electron chi connectivity index (χ1n) is 7.26. The van der Waals surface area contributed by atoms with E-state index in [1.807, 2.05) is 35.7 Å². The standard InChI is InChI=1S/C15H20N4O2.2ClH/c1-10-12(19-7-3-2-4-14(19)17-10)8-15(21)18-11-5-6-16-9-13(11)20;;/h2-4,7,11,13,16,20H,5-6,8-9H2,1H3,(H,18,21);2*1H/t11-,13-;;/m1../s1. The molecule has 3 rings (SSSR count). The van der Waals surface area contributed by atoms with Crippen LogP contribution in [0.1, 0.15) is 17.8 Å². The summed E-state index contributed by atoms with van der Waals surface area (Å²) in [6.07, 6.45) is 2.41. The van der Waals surface area contributed by atoms with E-state index in [1.165, 1.54) is 0 Å². The number of hydrogen-bond donors (Lipinski definition) is 3. The predicted octanol–water partition coefficient (Wildman–Crippen LogP) is 0.868. The van der Waals surface area contributed by atoms with Crippen LogP contribution in [0.3, 0.4) is 0 Å². The smallest absolute Gasteiger partial charge is 0.226 e. The Balaban J connectivity index is 0.00000132. The second-order valence-electron chi connectivity index (χ2n) is 5.48. The minimum Gasteiger partial charge on any atom is -0.390 e. The zero-order valence-electron chi connectivity index (χ0n) is 12.9. The van der Waals surface area contributed by atoms with Crippen molar-refractivity contribution in [2.45, 2.75) is 31.9 Å². The van der Waals surface area contributed by atoms with Crippen LogP contribution >= 0.6 is 24.8 Å². The van der Waals surface area contributed by atoms with Gasteiger partial charge in [0.1, 0.15) is 5.65 Å². The van der Waals surface area contributed by atoms with E-state index >= 15 is 0 Å². The van der Waals surface area contributed by atoms with Crippen LogP contribution in [0.5, 0.6) is 0 Å². The highest BCUT2D eigenvalue weighted by Crippen LogP contribution is 2.13. The number of pyridine rings is 1. The van der Waals surface area contributed by atoms with E-state index in [4.69, 9.17) is 0 Å². The molecular weight excluding hydrogens is 339 g/mol. The molecule has 0 saturated carbocycles. The summed E-state index contributed by atoms with van der Waals surface area (Å²) in [6.45, 7) is 3.26. The predicted molar refractivity (Wildman–Crippen MR) is 93.6 cm³/mol. The molecule has 0 unspecified atom stereocenters. The maximum Gasteiger partial charge on any atom is 0.226 e. The SMILES string of the molecule is Cc1nc2ccccn2c1CC(=O)N[C@@H]1CCNC[C@H]1O.Cl.Cl. The summed E-state index contributed by atoms with van der Waals surface area (Å²) < 4.78 is 1.94. The lowest BCUT2D eigenvalue weighted by Crippen LogP contribution is -2.53. The van der Waals surface area contributed by atoms with Gasteiger partial charge in [-0.15, -0.1) is 24.8 Å². The third kappa shape index (κ3) is 4.35. The molecule has 0 aliphatic carbocycles. The van der Waals surface area contributed by atoms with Gasteiger partial charge in [-0.1, -0.05) is 6.07 Å². The quantitative estimate of drug-likeness (QED) is 0.758. The van der Waals surface area contributed by atoms with Gasteiger partial charge < -0.3 is 20.1 Å². The van der Waals surface area contributed by atoms with Gasteiger partial charge in [0.2, 0.25) is 5.91 Å². The zero-order valence-corrected chi connectivity index (χ0v) is 14.5. The highest BCUT2D eigenvalue weighted by Gasteiger charge is 2.24. The van der Waals surface area contributed by atoms with Crippen molar-refractivity contribution >= 4 is 36.4 Å². The number of halogens is 2. The average molecular weight is 361 g/mol. The lowest BCUT2D eigenvalue weighted by Gasteiger charge is -2.29. The van der Waals surface area contributed by atoms with Crippen molar-refractivity contribution in [2.24, 2.45) is 0 Å². The molecule has 2 atom stereocenters. The average Bonchev–Trinajstić information content (AvgIpc) is 2.78. The molecular formula is C15H22Cl2N4O2. The van der Waals surface area contributed by atoms with Crippen molar-refractivity contribution in [3.8, 4) is 0 Å². The molecule has 1 amide bonds. The van der Waals surface area contributed by atoms with Crippen LogP contribution in [0.25, 0.3) is 5.65 Å². The minimum absolute atomic E-state index is 0. The van der Waals surface area contributed by atoms with Crippen LogP contribution in [0.4, 0.5) is 0 Å². The minimum atomic E-state index is -0.522. The van der Waals surface area contributed by atoms with Crippen molar-refractivity contribution in [1.29, 1.82) is 0 Å². The van der Waals surface area contributed by atoms with Gasteiger partial charge in [-0.05, 0) is 32.0 Å². The topological polar surface area (TPSA) is 78.7 Å². The van der Waals surface area contributed by atoms with Crippen LogP contribution in [0.2, 0.25) is 0 Å². The van der Waals surface area contributed by atoms with E-state index < -0.39 is 6.10 Å². The summed E-state index contributed by atoms with van der Waals surface area (Å²) in [5.41, 5.74) is 2.61. The number of carbonyl (C=O) groups is 1. The Kier molecular flexibility index (Phi) is 7.28. The van der Waals surface area contributed by atoms with E-state index in [1.54, 1.807) is 0 Å². The summed E-state index contributed by atoms with van der Waals surface area (Å²) in [7, 11) is 0. The first-order valence-corrected chi connectivity index (χ1v) is 7.26. The van der Waals surface area contributed by atoms with Crippen molar-refractivity contribution in [3.05, 3.63) is 35.8 Å². The molecule has 6 nitrogen and oxygen atoms in total. The number of amides is 1. The maximum absolute atomic E-state index is 12.2. The Bertz CT molecular complexity index is 662. The molecule has 3 N–H and O–H groups in total. The number of aryl methyl sites for hydroxylation is 1. The van der Waals surface area contributed by atoms with Crippen LogP contribution in [0.15, 0.2) is 24.4 Å². The van der Waals surface area contributed by atoms with E-state index in [-0.39, 0.29) is 43.2 Å². The summed E-state index contributed by atoms with van der Waals surface area (Å²) >= 11 is 0. The largest absolute Gasteiger partial charge is 0.390 e. The highest BCUT2D eigenvalue weighted by atomic mass is 35.5. The van der Waals surface area contributed by atoms with Crippen molar-refractivity contribution in [1.82, 2.24) is 20.0 Å². The lowest BCUT2D eigenvalue weighted by molar-refractivity contribution is -0.122. The first-order chi connectivity index (χ1) is 10.1. The second-order valence-corrected chi connectivity index (χ2v) is 5.48. The van der Waals surface area contributed by atoms with Crippen LogP contribution in [-0.2, 0) is 11.2 Å². The van der Waals surface area contributed by atoms with Crippen LogP contribution < -0.4 is 10.6 Å². The fourth-order valence-electron chi connectivity index (χ4n) is 2.80. The Morgan fingerprint density at radius 2 is 2.26 bits per heavy atom. The molecule has 1 fully saturated rings. The van der Waals surface area contributed by atoms with Gasteiger partial charge in [0, 0.05) is 12.7 Å². The number of piperidine rings is 1. The molecule has 0 bridgehead atoms. The number of aliphatic hydroxyl groups excluding tert-OH is 1. The number of aliphatic hydroxyl groups is 1. The molecule has 2 aromatic rings. The van der Waals surface area contributed by atoms with Crippen molar-refractivity contribution in [2.75, 3.05) is 13.1 Å². The molecule has 8 heteroatoms. The van der Waals surface area contributed by atoms with E-state index in [0.717, 1.165) is 30.0 Å². The van der Waals surface area contributed by atoms with Gasteiger partial charge >= 0.3 is 0 Å². The number of rotatable bonds is 3. The Hall–Kier alpha value is -1.34. The van der Waals surface area contributed by atoms with Gasteiger partial charge in [-0.3, -0.25) is 4.79 Å². The Morgan fingerprint density at radius 3 is 3.00 bits per heavy atom. The van der Waals surface area contributed by atoms with Gasteiger partial charge in [0.15, 0.2) is 0 Å². The maximum atomic E-state index is 12.2. The summed E-state index contributed by atoms with van der Waals surface area (Å²) in [6, 6.07) is 5.60. The van der Waals surface area contributed by atoms with E-state index in [0.29, 0.717) is 6.54 Å². The van der Waals surface area contributed by atoms with E-state index in [2.05, 4.69) is 15.6 Å². The number of nitrogens with one attached hydrogen (secondary N) is 2. The molecule has 1 aliphatic heterocycles. The summed E-state index contributed by atoms with van der Waals surface area (Å²) in [5, 5.41) is 15.9. The van der Waals surface area contributed by atoms with Crippen LogP contribution in [0, 0.1) is 6.92 Å². The third-order valence-corrected chi connectivity index (χ3v) is 3.95. The molecule has 0 aromatic carbocycles. The zero-order chi connectivity index (χ0) is 14.8. The second kappa shape index (κ2) is 8.49. The van der Waals surface area contributed by atoms with Crippen molar-refractivity contribution < 1.29 is 9.90 Å². The highest BCUT2D eigenvalue weighted by molar-refractivity contribution is 5.85. The molecule has 0 spiro atoms. The third-order valence-electron chi connectivity index (χ3n) is 3.95. The fourth-order valence-corrected chi connectivity index (χ4v) is 2.80. The Morgan fingerprint density at radius 1 is 1.48 bits per heavy atom.